The average molecular weight is 261 g/mol. The van der Waals surface area contributed by atoms with Crippen LogP contribution in [0, 0.1) is 5.92 Å². The van der Waals surface area contributed by atoms with Gasteiger partial charge in [-0.25, -0.2) is 0 Å². The summed E-state index contributed by atoms with van der Waals surface area (Å²) in [5.74, 6) is 1.39. The molecule has 0 N–H and O–H groups in total. The van der Waals surface area contributed by atoms with Crippen LogP contribution >= 0.6 is 0 Å². The molecule has 3 heteroatoms. The Kier molecular flexibility index (Phi) is 4.16. The molecule has 104 valence electrons. The fourth-order valence-corrected chi connectivity index (χ4v) is 3.32. The smallest absolute Gasteiger partial charge is 0.170 e. The Hall–Kier alpha value is -0.900. The molecule has 0 aliphatic carbocycles. The normalized spacial score (nSPS) is 29.7. The zero-order valence-electron chi connectivity index (χ0n) is 11.6. The maximum Gasteiger partial charge on any atom is 0.170 e. The van der Waals surface area contributed by atoms with Gasteiger partial charge in [-0.2, -0.15) is 0 Å². The Morgan fingerprint density at radius 1 is 1.16 bits per heavy atom. The van der Waals surface area contributed by atoms with Crippen LogP contribution in [-0.4, -0.2) is 44.0 Å². The van der Waals surface area contributed by atoms with Gasteiger partial charge < -0.3 is 9.47 Å². The monoisotopic (exact) mass is 261 g/mol. The van der Waals surface area contributed by atoms with Crippen LogP contribution in [0.3, 0.4) is 0 Å². The lowest BCUT2D eigenvalue weighted by Crippen LogP contribution is -2.42. The lowest BCUT2D eigenvalue weighted by atomic mass is 9.81. The Balaban J connectivity index is 1.56. The minimum atomic E-state index is 0.000440. The number of hydrogen-bond acceptors (Lipinski definition) is 3. The second-order valence-electron chi connectivity index (χ2n) is 5.71. The molecule has 1 aromatic rings. The third kappa shape index (κ3) is 3.16. The Bertz CT molecular complexity index is 389. The molecule has 2 aliphatic rings. The number of hydrogen-bond donors (Lipinski definition) is 0. The molecule has 0 saturated carbocycles. The molecule has 2 atom stereocenters. The topological polar surface area (TPSA) is 21.7 Å². The van der Waals surface area contributed by atoms with Gasteiger partial charge in [0.05, 0.1) is 13.2 Å². The quantitative estimate of drug-likeness (QED) is 0.834. The van der Waals surface area contributed by atoms with Crippen molar-refractivity contribution in [2.24, 2.45) is 5.92 Å². The summed E-state index contributed by atoms with van der Waals surface area (Å²) in [5.41, 5.74) is 1.49. The lowest BCUT2D eigenvalue weighted by molar-refractivity contribution is -0.0677. The van der Waals surface area contributed by atoms with E-state index in [1.165, 1.54) is 12.0 Å². The molecular weight excluding hydrogens is 238 g/mol. The molecule has 0 aromatic heterocycles. The van der Waals surface area contributed by atoms with Gasteiger partial charge in [-0.1, -0.05) is 37.3 Å². The van der Waals surface area contributed by atoms with Crippen LogP contribution < -0.4 is 0 Å². The third-order valence-corrected chi connectivity index (χ3v) is 4.32. The van der Waals surface area contributed by atoms with Gasteiger partial charge in [-0.15, -0.1) is 0 Å². The van der Waals surface area contributed by atoms with Crippen LogP contribution in [0.15, 0.2) is 30.3 Å². The molecule has 2 saturated heterocycles. The zero-order valence-corrected chi connectivity index (χ0v) is 11.6. The first-order valence-corrected chi connectivity index (χ1v) is 7.33. The molecule has 0 amide bonds. The van der Waals surface area contributed by atoms with E-state index in [1.54, 1.807) is 0 Å². The molecule has 2 aliphatic heterocycles. The predicted octanol–water partition coefficient (Wildman–Crippen LogP) is 2.48. The maximum atomic E-state index is 5.54. The van der Waals surface area contributed by atoms with Crippen molar-refractivity contribution in [3.63, 3.8) is 0 Å². The van der Waals surface area contributed by atoms with Crippen molar-refractivity contribution in [1.82, 2.24) is 4.90 Å². The first-order valence-electron chi connectivity index (χ1n) is 7.33. The highest BCUT2D eigenvalue weighted by Gasteiger charge is 2.29. The summed E-state index contributed by atoms with van der Waals surface area (Å²) in [6.45, 7) is 7.07. The summed E-state index contributed by atoms with van der Waals surface area (Å²) in [6.07, 6.45) is 1.23. The number of nitrogens with zero attached hydrogens (tertiary/aromatic N) is 1. The van der Waals surface area contributed by atoms with Crippen LogP contribution in [0.5, 0.6) is 0 Å². The van der Waals surface area contributed by atoms with Crippen molar-refractivity contribution in [3.05, 3.63) is 35.9 Å². The van der Waals surface area contributed by atoms with Crippen LogP contribution in [0.4, 0.5) is 0 Å². The van der Waals surface area contributed by atoms with Gasteiger partial charge in [0, 0.05) is 13.1 Å². The molecule has 3 rings (SSSR count). The molecule has 2 unspecified atom stereocenters. The number of benzene rings is 1. The lowest BCUT2D eigenvalue weighted by Gasteiger charge is -2.37. The molecule has 3 nitrogen and oxygen atoms in total. The van der Waals surface area contributed by atoms with Gasteiger partial charge in [0.15, 0.2) is 6.29 Å². The van der Waals surface area contributed by atoms with Crippen LogP contribution in [0.2, 0.25) is 0 Å². The van der Waals surface area contributed by atoms with Crippen molar-refractivity contribution in [1.29, 1.82) is 0 Å². The fourth-order valence-electron chi connectivity index (χ4n) is 3.32. The molecule has 2 heterocycles. The molecule has 19 heavy (non-hydrogen) atoms. The van der Waals surface area contributed by atoms with Crippen LogP contribution in [0.25, 0.3) is 0 Å². The maximum absolute atomic E-state index is 5.54. The van der Waals surface area contributed by atoms with Crippen LogP contribution in [-0.2, 0) is 9.47 Å². The van der Waals surface area contributed by atoms with Crippen molar-refractivity contribution in [2.45, 2.75) is 25.6 Å². The summed E-state index contributed by atoms with van der Waals surface area (Å²) >= 11 is 0. The zero-order chi connectivity index (χ0) is 13.1. The van der Waals surface area contributed by atoms with Gasteiger partial charge in [-0.05, 0) is 30.4 Å². The summed E-state index contributed by atoms with van der Waals surface area (Å²) in [7, 11) is 0. The Morgan fingerprint density at radius 2 is 1.89 bits per heavy atom. The third-order valence-electron chi connectivity index (χ3n) is 4.32. The average Bonchev–Trinajstić information content (AvgIpc) is 2.93. The van der Waals surface area contributed by atoms with E-state index in [4.69, 9.17) is 9.47 Å². The highest BCUT2D eigenvalue weighted by atomic mass is 16.7. The fraction of sp³-hybridized carbons (Fsp3) is 0.625. The van der Waals surface area contributed by atoms with Gasteiger partial charge >= 0.3 is 0 Å². The van der Waals surface area contributed by atoms with Crippen molar-refractivity contribution in [3.8, 4) is 0 Å². The summed E-state index contributed by atoms with van der Waals surface area (Å²) < 4.78 is 11.1. The summed E-state index contributed by atoms with van der Waals surface area (Å²) in [5, 5.41) is 0. The number of rotatable bonds is 3. The molecule has 0 bridgehead atoms. The minimum absolute atomic E-state index is 0.000440. The van der Waals surface area contributed by atoms with Gasteiger partial charge in [0.25, 0.3) is 0 Å². The van der Waals surface area contributed by atoms with Gasteiger partial charge in [-0.3, -0.25) is 4.90 Å². The number of piperidine rings is 1. The first kappa shape index (κ1) is 13.1. The number of likely N-dealkylation sites (tertiary alicyclic amines) is 1. The molecular formula is C16H23NO2. The molecule has 1 aromatic carbocycles. The minimum Gasteiger partial charge on any atom is -0.349 e. The van der Waals surface area contributed by atoms with E-state index in [0.717, 1.165) is 32.8 Å². The highest BCUT2D eigenvalue weighted by Crippen LogP contribution is 2.32. The van der Waals surface area contributed by atoms with E-state index >= 15 is 0 Å². The van der Waals surface area contributed by atoms with Crippen molar-refractivity contribution < 1.29 is 9.47 Å². The van der Waals surface area contributed by atoms with Gasteiger partial charge in [0.1, 0.15) is 0 Å². The van der Waals surface area contributed by atoms with Crippen LogP contribution in [0.1, 0.15) is 24.8 Å². The van der Waals surface area contributed by atoms with Crippen molar-refractivity contribution in [2.75, 3.05) is 32.8 Å². The van der Waals surface area contributed by atoms with E-state index in [2.05, 4.69) is 42.2 Å². The van der Waals surface area contributed by atoms with Crippen molar-refractivity contribution >= 4 is 0 Å². The standard InChI is InChI=1S/C16H23NO2/c1-13-11-17(12-16-18-9-10-19-16)8-7-15(13)14-5-3-2-4-6-14/h2-6,13,15-16H,7-12H2,1H3. The van der Waals surface area contributed by atoms with E-state index in [9.17, 15) is 0 Å². The van der Waals surface area contributed by atoms with Gasteiger partial charge in [0.2, 0.25) is 0 Å². The molecule has 0 radical (unpaired) electrons. The first-order chi connectivity index (χ1) is 9.33. The van der Waals surface area contributed by atoms with E-state index in [0.29, 0.717) is 11.8 Å². The molecule has 0 spiro atoms. The second-order valence-corrected chi connectivity index (χ2v) is 5.71. The SMILES string of the molecule is CC1CN(CC2OCCO2)CCC1c1ccccc1. The summed E-state index contributed by atoms with van der Waals surface area (Å²) in [6, 6.07) is 10.9. The van der Waals surface area contributed by atoms with E-state index in [1.807, 2.05) is 0 Å². The molecule has 2 fully saturated rings. The Labute approximate surface area is 115 Å². The predicted molar refractivity (Wildman–Crippen MR) is 75.1 cm³/mol. The highest BCUT2D eigenvalue weighted by molar-refractivity contribution is 5.20. The van der Waals surface area contributed by atoms with E-state index < -0.39 is 0 Å². The number of ether oxygens (including phenoxy) is 2. The Morgan fingerprint density at radius 3 is 2.58 bits per heavy atom. The second kappa shape index (κ2) is 6.04. The van der Waals surface area contributed by atoms with E-state index in [-0.39, 0.29) is 6.29 Å². The largest absolute Gasteiger partial charge is 0.349 e. The summed E-state index contributed by atoms with van der Waals surface area (Å²) in [4.78, 5) is 2.49.